The van der Waals surface area contributed by atoms with Gasteiger partial charge in [-0.15, -0.1) is 0 Å². The molecule has 0 saturated carbocycles. The van der Waals surface area contributed by atoms with Crippen molar-refractivity contribution < 1.29 is 29.6 Å². The first-order chi connectivity index (χ1) is 8.95. The van der Waals surface area contributed by atoms with Crippen LogP contribution in [0.1, 0.15) is 30.6 Å². The highest BCUT2D eigenvalue weighted by Crippen LogP contribution is 2.24. The Kier molecular flexibility index (Phi) is 5.32. The molecule has 0 heterocycles. The maximum atomic E-state index is 11.3. The molecule has 0 amide bonds. The number of rotatable bonds is 6. The zero-order chi connectivity index (χ0) is 14.4. The van der Waals surface area contributed by atoms with Crippen LogP contribution in [-0.2, 0) is 20.7 Å². The minimum Gasteiger partial charge on any atom is -0.508 e. The van der Waals surface area contributed by atoms with E-state index in [4.69, 9.17) is 9.84 Å². The molecule has 0 fully saturated rings. The Labute approximate surface area is 110 Å². The van der Waals surface area contributed by atoms with Gasteiger partial charge >= 0.3 is 11.9 Å². The van der Waals surface area contributed by atoms with Gasteiger partial charge in [0.05, 0.1) is 6.61 Å². The number of hydrogen-bond acceptors (Lipinski definition) is 5. The number of aliphatic hydroxyl groups excluding tert-OH is 1. The molecule has 19 heavy (non-hydrogen) atoms. The smallest absolute Gasteiger partial charge is 0.337 e. The van der Waals surface area contributed by atoms with Crippen molar-refractivity contribution in [3.05, 3.63) is 29.3 Å². The van der Waals surface area contributed by atoms with E-state index in [-0.39, 0.29) is 30.8 Å². The average Bonchev–Trinajstić information content (AvgIpc) is 2.36. The Hall–Kier alpha value is -2.08. The van der Waals surface area contributed by atoms with E-state index < -0.39 is 18.0 Å². The van der Waals surface area contributed by atoms with E-state index in [1.807, 2.05) is 0 Å². The molecule has 1 aromatic carbocycles. The summed E-state index contributed by atoms with van der Waals surface area (Å²) in [5.41, 5.74) is 0.567. The highest BCUT2D eigenvalue weighted by molar-refractivity contribution is 5.75. The summed E-state index contributed by atoms with van der Waals surface area (Å²) >= 11 is 0. The molecule has 3 N–H and O–H groups in total. The lowest BCUT2D eigenvalue weighted by atomic mass is 9.98. The maximum absolute atomic E-state index is 11.3. The van der Waals surface area contributed by atoms with Gasteiger partial charge in [0.1, 0.15) is 5.75 Å². The predicted molar refractivity (Wildman–Crippen MR) is 65.7 cm³/mol. The highest BCUT2D eigenvalue weighted by atomic mass is 16.5. The molecule has 0 aromatic heterocycles. The Morgan fingerprint density at radius 3 is 2.63 bits per heavy atom. The number of phenolic OH excluding ortho intramolecular Hbond substituents is 1. The van der Waals surface area contributed by atoms with Crippen molar-refractivity contribution in [2.75, 3.05) is 6.61 Å². The number of aliphatic hydroxyl groups is 1. The van der Waals surface area contributed by atoms with Gasteiger partial charge in [-0.2, -0.15) is 0 Å². The third-order valence-corrected chi connectivity index (χ3v) is 2.56. The number of carbonyl (C=O) groups is 2. The van der Waals surface area contributed by atoms with Crippen molar-refractivity contribution in [3.63, 3.8) is 0 Å². The average molecular weight is 268 g/mol. The number of esters is 1. The van der Waals surface area contributed by atoms with Gasteiger partial charge in [-0.25, -0.2) is 4.79 Å². The number of carbonyl (C=O) groups excluding carboxylic acids is 1. The first-order valence-corrected chi connectivity index (χ1v) is 5.84. The summed E-state index contributed by atoms with van der Waals surface area (Å²) in [6.07, 6.45) is -1.44. The van der Waals surface area contributed by atoms with Crippen LogP contribution in [0.4, 0.5) is 0 Å². The monoisotopic (exact) mass is 268 g/mol. The van der Waals surface area contributed by atoms with Gasteiger partial charge in [-0.1, -0.05) is 6.07 Å². The largest absolute Gasteiger partial charge is 0.508 e. The van der Waals surface area contributed by atoms with Gasteiger partial charge in [-0.3, -0.25) is 4.79 Å². The van der Waals surface area contributed by atoms with Crippen LogP contribution in [0.3, 0.4) is 0 Å². The number of aromatic hydroxyl groups is 1. The molecule has 104 valence electrons. The van der Waals surface area contributed by atoms with Gasteiger partial charge < -0.3 is 20.1 Å². The molecular formula is C13H16O6. The van der Waals surface area contributed by atoms with Crippen LogP contribution < -0.4 is 0 Å². The molecule has 0 radical (unpaired) electrons. The Bertz CT molecular complexity index is 468. The van der Waals surface area contributed by atoms with Crippen molar-refractivity contribution in [1.82, 2.24) is 0 Å². The number of benzene rings is 1. The second-order valence-electron chi connectivity index (χ2n) is 3.93. The highest BCUT2D eigenvalue weighted by Gasteiger charge is 2.20. The van der Waals surface area contributed by atoms with Gasteiger partial charge in [0.25, 0.3) is 0 Å². The normalized spacial score (nSPS) is 11.9. The third-order valence-electron chi connectivity index (χ3n) is 2.56. The van der Waals surface area contributed by atoms with Crippen LogP contribution in [0, 0.1) is 0 Å². The molecule has 6 nitrogen and oxygen atoms in total. The summed E-state index contributed by atoms with van der Waals surface area (Å²) < 4.78 is 4.76. The summed E-state index contributed by atoms with van der Waals surface area (Å²) in [5, 5.41) is 27.7. The summed E-state index contributed by atoms with van der Waals surface area (Å²) in [6.45, 7) is 1.95. The molecule has 1 rings (SSSR count). The van der Waals surface area contributed by atoms with E-state index in [2.05, 4.69) is 0 Å². The molecule has 1 aromatic rings. The SMILES string of the molecule is CCOC(=O)CCc1cc(O)ccc1C(O)C(=O)O. The minimum absolute atomic E-state index is 0.0522. The van der Waals surface area contributed by atoms with Gasteiger partial charge in [-0.05, 0) is 36.6 Å². The van der Waals surface area contributed by atoms with Crippen molar-refractivity contribution >= 4 is 11.9 Å². The molecule has 0 spiro atoms. The first kappa shape index (κ1) is 15.0. The molecule has 0 saturated heterocycles. The van der Waals surface area contributed by atoms with Crippen LogP contribution in [0.15, 0.2) is 18.2 Å². The number of carboxylic acid groups (broad SMARTS) is 1. The first-order valence-electron chi connectivity index (χ1n) is 5.84. The Morgan fingerprint density at radius 2 is 2.05 bits per heavy atom. The molecular weight excluding hydrogens is 252 g/mol. The van der Waals surface area contributed by atoms with Gasteiger partial charge in [0, 0.05) is 6.42 Å². The minimum atomic E-state index is -1.68. The zero-order valence-corrected chi connectivity index (χ0v) is 10.5. The molecule has 0 aliphatic rings. The molecule has 6 heteroatoms. The van der Waals surface area contributed by atoms with E-state index in [0.717, 1.165) is 0 Å². The maximum Gasteiger partial charge on any atom is 0.337 e. The van der Waals surface area contributed by atoms with Gasteiger partial charge in [0.2, 0.25) is 0 Å². The van der Waals surface area contributed by atoms with Crippen molar-refractivity contribution in [3.8, 4) is 5.75 Å². The lowest BCUT2D eigenvalue weighted by Crippen LogP contribution is -2.13. The lowest BCUT2D eigenvalue weighted by molar-refractivity contribution is -0.147. The Balaban J connectivity index is 2.88. The van der Waals surface area contributed by atoms with E-state index in [1.165, 1.54) is 18.2 Å². The number of aryl methyl sites for hydroxylation is 1. The number of phenols is 1. The molecule has 0 aliphatic heterocycles. The van der Waals surface area contributed by atoms with E-state index in [0.29, 0.717) is 5.56 Å². The van der Waals surface area contributed by atoms with Crippen molar-refractivity contribution in [2.24, 2.45) is 0 Å². The van der Waals surface area contributed by atoms with E-state index >= 15 is 0 Å². The van der Waals surface area contributed by atoms with Crippen LogP contribution in [0.2, 0.25) is 0 Å². The van der Waals surface area contributed by atoms with Gasteiger partial charge in [0.15, 0.2) is 6.10 Å². The predicted octanol–water partition coefficient (Wildman–Crippen LogP) is 1.01. The molecule has 1 atom stereocenters. The van der Waals surface area contributed by atoms with Crippen molar-refractivity contribution in [1.29, 1.82) is 0 Å². The number of ether oxygens (including phenoxy) is 1. The molecule has 1 unspecified atom stereocenters. The third kappa shape index (κ3) is 4.26. The second kappa shape index (κ2) is 6.75. The molecule has 0 bridgehead atoms. The Morgan fingerprint density at radius 1 is 1.37 bits per heavy atom. The fourth-order valence-corrected chi connectivity index (χ4v) is 1.68. The summed E-state index contributed by atoms with van der Waals surface area (Å²) in [6, 6.07) is 3.95. The van der Waals surface area contributed by atoms with Crippen LogP contribution in [0.25, 0.3) is 0 Å². The van der Waals surface area contributed by atoms with Crippen LogP contribution >= 0.6 is 0 Å². The van der Waals surface area contributed by atoms with E-state index in [1.54, 1.807) is 6.92 Å². The summed E-state index contributed by atoms with van der Waals surface area (Å²) in [7, 11) is 0. The van der Waals surface area contributed by atoms with E-state index in [9.17, 15) is 19.8 Å². The zero-order valence-electron chi connectivity index (χ0n) is 10.5. The standard InChI is InChI=1S/C13H16O6/c1-2-19-11(15)6-3-8-7-9(14)4-5-10(8)12(16)13(17)18/h4-5,7,12,14,16H,2-3,6H2,1H3,(H,17,18). The molecule has 0 aliphatic carbocycles. The number of carboxylic acids is 1. The van der Waals surface area contributed by atoms with Crippen LogP contribution in [-0.4, -0.2) is 33.9 Å². The fourth-order valence-electron chi connectivity index (χ4n) is 1.68. The lowest BCUT2D eigenvalue weighted by Gasteiger charge is -2.12. The fraction of sp³-hybridized carbons (Fsp3) is 0.385. The second-order valence-corrected chi connectivity index (χ2v) is 3.93. The summed E-state index contributed by atoms with van der Waals surface area (Å²) in [4.78, 5) is 22.0. The van der Waals surface area contributed by atoms with Crippen LogP contribution in [0.5, 0.6) is 5.75 Å². The number of hydrogen-bond donors (Lipinski definition) is 3. The topological polar surface area (TPSA) is 104 Å². The van der Waals surface area contributed by atoms with Crippen molar-refractivity contribution in [2.45, 2.75) is 25.9 Å². The number of aliphatic carboxylic acids is 1. The summed E-state index contributed by atoms with van der Waals surface area (Å²) in [5.74, 6) is -1.86. The quantitative estimate of drug-likeness (QED) is 0.665.